The molecule has 0 atom stereocenters. The van der Waals surface area contributed by atoms with Gasteiger partial charge in [-0.2, -0.15) is 0 Å². The number of amides is 2. The first-order valence-electron chi connectivity index (χ1n) is 9.43. The number of nitrogens with one attached hydrogen (secondary N) is 2. The molecule has 0 aliphatic rings. The summed E-state index contributed by atoms with van der Waals surface area (Å²) in [4.78, 5) is 38.1. The van der Waals surface area contributed by atoms with Crippen molar-refractivity contribution in [2.24, 2.45) is 0 Å². The van der Waals surface area contributed by atoms with Crippen molar-refractivity contribution >= 4 is 39.8 Å². The fraction of sp³-hybridized carbons (Fsp3) is 0.174. The number of benzene rings is 2. The number of hydrogen-bond donors (Lipinski definition) is 2. The van der Waals surface area contributed by atoms with E-state index in [-0.39, 0.29) is 22.9 Å². The first-order chi connectivity index (χ1) is 14.9. The van der Waals surface area contributed by atoms with Crippen molar-refractivity contribution in [1.29, 1.82) is 0 Å². The second-order valence-corrected chi connectivity index (χ2v) is 7.67. The zero-order valence-corrected chi connectivity index (χ0v) is 18.2. The molecule has 0 bridgehead atoms. The lowest BCUT2D eigenvalue weighted by molar-refractivity contribution is -0.115. The van der Waals surface area contributed by atoms with E-state index in [0.717, 1.165) is 16.9 Å². The maximum Gasteiger partial charge on any atom is 0.341 e. The van der Waals surface area contributed by atoms with Crippen molar-refractivity contribution in [3.8, 4) is 5.75 Å². The maximum absolute atomic E-state index is 12.9. The molecule has 1 heterocycles. The molecule has 0 saturated carbocycles. The quantitative estimate of drug-likeness (QED) is 0.537. The second kappa shape index (κ2) is 9.90. The number of thiophene rings is 1. The summed E-state index contributed by atoms with van der Waals surface area (Å²) >= 11 is 1.03. The van der Waals surface area contributed by atoms with E-state index in [9.17, 15) is 14.4 Å². The SMILES string of the molecule is COC(=O)c1c(NC(=O)Cc2ccccc2)sc(C(=O)Nc2cccc(OC)c2)c1C. The van der Waals surface area contributed by atoms with Gasteiger partial charge in [0.1, 0.15) is 10.8 Å². The largest absolute Gasteiger partial charge is 0.497 e. The van der Waals surface area contributed by atoms with E-state index in [0.29, 0.717) is 21.9 Å². The number of anilines is 2. The molecule has 0 unspecified atom stereocenters. The van der Waals surface area contributed by atoms with Crippen LogP contribution in [0.1, 0.15) is 31.2 Å². The Hall–Kier alpha value is -3.65. The molecule has 31 heavy (non-hydrogen) atoms. The summed E-state index contributed by atoms with van der Waals surface area (Å²) in [6.45, 7) is 1.65. The normalized spacial score (nSPS) is 10.3. The summed E-state index contributed by atoms with van der Waals surface area (Å²) in [7, 11) is 2.79. The van der Waals surface area contributed by atoms with E-state index in [1.54, 1.807) is 31.2 Å². The Bertz CT molecular complexity index is 1110. The predicted molar refractivity (Wildman–Crippen MR) is 120 cm³/mol. The number of ether oxygens (including phenoxy) is 2. The molecule has 0 aliphatic carbocycles. The van der Waals surface area contributed by atoms with Crippen molar-refractivity contribution in [1.82, 2.24) is 0 Å². The molecule has 7 nitrogen and oxygen atoms in total. The first kappa shape index (κ1) is 22.0. The fourth-order valence-electron chi connectivity index (χ4n) is 3.01. The van der Waals surface area contributed by atoms with Gasteiger partial charge in [0.2, 0.25) is 5.91 Å². The van der Waals surface area contributed by atoms with Crippen LogP contribution in [0, 0.1) is 6.92 Å². The number of hydrogen-bond acceptors (Lipinski definition) is 6. The van der Waals surface area contributed by atoms with Crippen molar-refractivity contribution < 1.29 is 23.9 Å². The lowest BCUT2D eigenvalue weighted by Crippen LogP contribution is -2.16. The Morgan fingerprint density at radius 2 is 1.71 bits per heavy atom. The van der Waals surface area contributed by atoms with E-state index in [4.69, 9.17) is 9.47 Å². The van der Waals surface area contributed by atoms with E-state index < -0.39 is 11.9 Å². The highest BCUT2D eigenvalue weighted by Gasteiger charge is 2.26. The van der Waals surface area contributed by atoms with Crippen LogP contribution in [0.4, 0.5) is 10.7 Å². The summed E-state index contributed by atoms with van der Waals surface area (Å²) in [5, 5.41) is 5.82. The van der Waals surface area contributed by atoms with Gasteiger partial charge in [-0.3, -0.25) is 9.59 Å². The Morgan fingerprint density at radius 3 is 2.39 bits per heavy atom. The van der Waals surface area contributed by atoms with E-state index in [2.05, 4.69) is 10.6 Å². The fourth-order valence-corrected chi connectivity index (χ4v) is 4.11. The Kier molecular flexibility index (Phi) is 7.04. The van der Waals surface area contributed by atoms with Gasteiger partial charge in [0.15, 0.2) is 0 Å². The van der Waals surface area contributed by atoms with Gasteiger partial charge >= 0.3 is 5.97 Å². The molecule has 0 aliphatic heterocycles. The molecule has 2 N–H and O–H groups in total. The molecule has 1 aromatic heterocycles. The topological polar surface area (TPSA) is 93.7 Å². The third kappa shape index (κ3) is 5.29. The minimum absolute atomic E-state index is 0.143. The summed E-state index contributed by atoms with van der Waals surface area (Å²) in [6.07, 6.45) is 0.143. The third-order valence-electron chi connectivity index (χ3n) is 4.53. The molecule has 0 radical (unpaired) electrons. The van der Waals surface area contributed by atoms with Gasteiger partial charge in [0.25, 0.3) is 5.91 Å². The Morgan fingerprint density at radius 1 is 0.968 bits per heavy atom. The van der Waals surface area contributed by atoms with E-state index in [1.165, 1.54) is 14.2 Å². The van der Waals surface area contributed by atoms with Crippen LogP contribution < -0.4 is 15.4 Å². The summed E-state index contributed by atoms with van der Waals surface area (Å²) < 4.78 is 10.0. The molecular weight excluding hydrogens is 416 g/mol. The number of methoxy groups -OCH3 is 2. The van der Waals surface area contributed by atoms with Gasteiger partial charge in [-0.15, -0.1) is 11.3 Å². The lowest BCUT2D eigenvalue weighted by atomic mass is 10.1. The molecular formula is C23H22N2O5S. The number of esters is 1. The van der Waals surface area contributed by atoms with E-state index in [1.807, 2.05) is 30.3 Å². The summed E-state index contributed by atoms with van der Waals surface area (Å²) in [5.41, 5.74) is 1.99. The predicted octanol–water partition coefficient (Wildman–Crippen LogP) is 4.29. The van der Waals surface area contributed by atoms with Crippen LogP contribution in [0.15, 0.2) is 54.6 Å². The van der Waals surface area contributed by atoms with Crippen LogP contribution in [0.3, 0.4) is 0 Å². The van der Waals surface area contributed by atoms with Crippen LogP contribution in [-0.2, 0) is 16.0 Å². The monoisotopic (exact) mass is 438 g/mol. The second-order valence-electron chi connectivity index (χ2n) is 6.65. The van der Waals surface area contributed by atoms with Gasteiger partial charge in [-0.25, -0.2) is 4.79 Å². The molecule has 2 amide bonds. The van der Waals surface area contributed by atoms with E-state index >= 15 is 0 Å². The smallest absolute Gasteiger partial charge is 0.341 e. The van der Waals surface area contributed by atoms with Crippen LogP contribution in [0.25, 0.3) is 0 Å². The zero-order chi connectivity index (χ0) is 22.4. The minimum Gasteiger partial charge on any atom is -0.497 e. The van der Waals surface area contributed by atoms with Crippen molar-refractivity contribution in [3.05, 3.63) is 76.2 Å². The van der Waals surface area contributed by atoms with Gasteiger partial charge in [0, 0.05) is 11.8 Å². The Labute approximate surface area is 184 Å². The highest BCUT2D eigenvalue weighted by atomic mass is 32.1. The van der Waals surface area contributed by atoms with Gasteiger partial charge in [-0.1, -0.05) is 36.4 Å². The summed E-state index contributed by atoms with van der Waals surface area (Å²) in [5.74, 6) is -0.712. The zero-order valence-electron chi connectivity index (χ0n) is 17.4. The lowest BCUT2D eigenvalue weighted by Gasteiger charge is -2.06. The van der Waals surface area contributed by atoms with Crippen LogP contribution in [0.5, 0.6) is 5.75 Å². The minimum atomic E-state index is -0.621. The molecule has 3 rings (SSSR count). The van der Waals surface area contributed by atoms with Crippen LogP contribution in [-0.4, -0.2) is 32.0 Å². The van der Waals surface area contributed by atoms with Gasteiger partial charge in [-0.05, 0) is 30.2 Å². The number of carbonyl (C=O) groups excluding carboxylic acids is 3. The van der Waals surface area contributed by atoms with Gasteiger partial charge < -0.3 is 20.1 Å². The Balaban J connectivity index is 1.86. The molecule has 2 aromatic carbocycles. The third-order valence-corrected chi connectivity index (χ3v) is 5.74. The molecule has 0 fully saturated rings. The van der Waals surface area contributed by atoms with Crippen LogP contribution >= 0.6 is 11.3 Å². The number of carbonyl (C=O) groups is 3. The highest BCUT2D eigenvalue weighted by molar-refractivity contribution is 7.18. The standard InChI is InChI=1S/C23H22N2O5S/c1-14-19(23(28)30-3)22(25-18(26)12-15-8-5-4-6-9-15)31-20(14)21(27)24-16-10-7-11-17(13-16)29-2/h4-11,13H,12H2,1-3H3,(H,24,27)(H,25,26). The average Bonchev–Trinajstić information content (AvgIpc) is 3.09. The number of rotatable bonds is 7. The molecule has 0 spiro atoms. The van der Waals surface area contributed by atoms with Crippen molar-refractivity contribution in [3.63, 3.8) is 0 Å². The summed E-state index contributed by atoms with van der Waals surface area (Å²) in [6, 6.07) is 16.2. The first-order valence-corrected chi connectivity index (χ1v) is 10.3. The highest BCUT2D eigenvalue weighted by Crippen LogP contribution is 2.34. The van der Waals surface area contributed by atoms with Crippen LogP contribution in [0.2, 0.25) is 0 Å². The van der Waals surface area contributed by atoms with Gasteiger partial charge in [0.05, 0.1) is 31.1 Å². The molecule has 160 valence electrons. The molecule has 0 saturated heterocycles. The maximum atomic E-state index is 12.9. The molecule has 8 heteroatoms. The van der Waals surface area contributed by atoms with Crippen molar-refractivity contribution in [2.45, 2.75) is 13.3 Å². The molecule has 3 aromatic rings. The van der Waals surface area contributed by atoms with Crippen molar-refractivity contribution in [2.75, 3.05) is 24.9 Å². The average molecular weight is 439 g/mol.